The van der Waals surface area contributed by atoms with Crippen molar-refractivity contribution in [3.8, 4) is 16.3 Å². The van der Waals surface area contributed by atoms with E-state index in [1.165, 1.54) is 0 Å². The molecule has 32 heavy (non-hydrogen) atoms. The molecule has 1 heterocycles. The Balaban J connectivity index is 1.51. The first-order chi connectivity index (χ1) is 15.5. The summed E-state index contributed by atoms with van der Waals surface area (Å²) in [5, 5.41) is 8.88. The van der Waals surface area contributed by atoms with Gasteiger partial charge in [-0.2, -0.15) is 0 Å². The van der Waals surface area contributed by atoms with Crippen molar-refractivity contribution in [2.45, 2.75) is 39.2 Å². The predicted octanol–water partition coefficient (Wildman–Crippen LogP) is 5.44. The predicted molar refractivity (Wildman–Crippen MR) is 127 cm³/mol. The third-order valence-electron chi connectivity index (χ3n) is 5.68. The van der Waals surface area contributed by atoms with Crippen LogP contribution in [0.2, 0.25) is 0 Å². The highest BCUT2D eigenvalue weighted by molar-refractivity contribution is 7.13. The van der Waals surface area contributed by atoms with E-state index >= 15 is 0 Å². The van der Waals surface area contributed by atoms with Crippen molar-refractivity contribution in [2.75, 3.05) is 11.9 Å². The van der Waals surface area contributed by atoms with Crippen LogP contribution in [0.25, 0.3) is 10.6 Å². The van der Waals surface area contributed by atoms with Gasteiger partial charge >= 0.3 is 0 Å². The molecule has 7 heteroatoms. The minimum Gasteiger partial charge on any atom is -0.493 e. The van der Waals surface area contributed by atoms with Crippen LogP contribution in [-0.4, -0.2) is 23.4 Å². The minimum absolute atomic E-state index is 0.0131. The smallest absolute Gasteiger partial charge is 0.255 e. The fourth-order valence-electron chi connectivity index (χ4n) is 3.65. The number of thiazole rings is 1. The lowest BCUT2D eigenvalue weighted by Crippen LogP contribution is -2.29. The second-order valence-electron chi connectivity index (χ2n) is 7.92. The fourth-order valence-corrected chi connectivity index (χ4v) is 4.28. The van der Waals surface area contributed by atoms with Crippen LogP contribution < -0.4 is 15.4 Å². The summed E-state index contributed by atoms with van der Waals surface area (Å²) in [6, 6.07) is 13.0. The number of carbonyl (C=O) groups excluding carboxylic acids is 2. The molecular formula is C25H27N3O3S. The van der Waals surface area contributed by atoms with Gasteiger partial charge in [-0.25, -0.2) is 4.98 Å². The van der Waals surface area contributed by atoms with Gasteiger partial charge in [0, 0.05) is 28.7 Å². The van der Waals surface area contributed by atoms with Gasteiger partial charge in [0.25, 0.3) is 5.91 Å². The number of hydrogen-bond acceptors (Lipinski definition) is 5. The molecule has 0 radical (unpaired) electrons. The first-order valence-corrected chi connectivity index (χ1v) is 11.8. The van der Waals surface area contributed by atoms with Crippen LogP contribution in [0.5, 0.6) is 5.75 Å². The number of carbonyl (C=O) groups is 2. The molecule has 1 aliphatic rings. The number of rotatable bonds is 8. The Hall–Kier alpha value is -3.19. The molecule has 166 valence electrons. The maximum atomic E-state index is 13.2. The average molecular weight is 450 g/mol. The summed E-state index contributed by atoms with van der Waals surface area (Å²) < 4.78 is 5.67. The topological polar surface area (TPSA) is 80.3 Å². The maximum Gasteiger partial charge on any atom is 0.255 e. The lowest BCUT2D eigenvalue weighted by atomic mass is 9.85. The van der Waals surface area contributed by atoms with E-state index < -0.39 is 0 Å². The highest BCUT2D eigenvalue weighted by Crippen LogP contribution is 2.30. The first-order valence-electron chi connectivity index (χ1n) is 10.9. The number of nitrogens with zero attached hydrogens (tertiary/aromatic N) is 1. The van der Waals surface area contributed by atoms with Gasteiger partial charge in [0.2, 0.25) is 5.91 Å². The van der Waals surface area contributed by atoms with E-state index in [9.17, 15) is 9.59 Å². The Labute approximate surface area is 192 Å². The van der Waals surface area contributed by atoms with Crippen molar-refractivity contribution in [2.24, 2.45) is 5.92 Å². The van der Waals surface area contributed by atoms with Crippen LogP contribution >= 0.6 is 11.3 Å². The summed E-state index contributed by atoms with van der Waals surface area (Å²) in [5.74, 6) is 0.332. The van der Waals surface area contributed by atoms with Gasteiger partial charge in [-0.15, -0.1) is 11.3 Å². The fraction of sp³-hybridized carbons (Fsp3) is 0.320. The largest absolute Gasteiger partial charge is 0.493 e. The summed E-state index contributed by atoms with van der Waals surface area (Å²) in [6.07, 6.45) is 4.72. The molecule has 2 N–H and O–H groups in total. The number of ether oxygens (including phenoxy) is 1. The summed E-state index contributed by atoms with van der Waals surface area (Å²) in [6.45, 7) is 4.27. The summed E-state index contributed by atoms with van der Waals surface area (Å²) >= 11 is 1.58. The molecule has 3 aromatic rings. The van der Waals surface area contributed by atoms with Crippen LogP contribution in [0.15, 0.2) is 54.0 Å². The van der Waals surface area contributed by atoms with Gasteiger partial charge < -0.3 is 15.4 Å². The van der Waals surface area contributed by atoms with E-state index in [-0.39, 0.29) is 23.8 Å². The number of amides is 2. The number of anilines is 1. The van der Waals surface area contributed by atoms with Crippen molar-refractivity contribution >= 4 is 28.8 Å². The molecule has 2 amide bonds. The van der Waals surface area contributed by atoms with Crippen molar-refractivity contribution in [3.63, 3.8) is 0 Å². The Morgan fingerprint density at radius 1 is 1.22 bits per heavy atom. The highest BCUT2D eigenvalue weighted by atomic mass is 32.1. The third-order valence-corrected chi connectivity index (χ3v) is 6.50. The van der Waals surface area contributed by atoms with Crippen molar-refractivity contribution in [3.05, 3.63) is 65.2 Å². The van der Waals surface area contributed by atoms with Gasteiger partial charge in [-0.05, 0) is 56.5 Å². The zero-order chi connectivity index (χ0) is 22.5. The maximum absolute atomic E-state index is 13.2. The normalized spacial score (nSPS) is 14.3. The molecule has 1 aliphatic carbocycles. The number of nitrogens with one attached hydrogen (secondary N) is 2. The Morgan fingerprint density at radius 2 is 2.06 bits per heavy atom. The zero-order valence-corrected chi connectivity index (χ0v) is 19.1. The molecule has 4 rings (SSSR count). The number of hydrogen-bond donors (Lipinski definition) is 2. The molecule has 0 spiro atoms. The van der Waals surface area contributed by atoms with Crippen LogP contribution in [0.4, 0.5) is 5.69 Å². The van der Waals surface area contributed by atoms with E-state index in [0.29, 0.717) is 23.6 Å². The van der Waals surface area contributed by atoms with Crippen LogP contribution in [0, 0.1) is 5.92 Å². The molecule has 0 bridgehead atoms. The molecule has 0 saturated heterocycles. The molecule has 2 aromatic carbocycles. The number of aromatic nitrogens is 1. The number of benzene rings is 2. The molecule has 6 nitrogen and oxygen atoms in total. The van der Waals surface area contributed by atoms with E-state index in [1.54, 1.807) is 35.7 Å². The quantitative estimate of drug-likeness (QED) is 0.480. The first kappa shape index (κ1) is 22.0. The Bertz CT molecular complexity index is 1090. The minimum atomic E-state index is -0.250. The average Bonchev–Trinajstić information content (AvgIpc) is 3.29. The SMILES string of the molecule is CCOc1ccc(NC(=O)C2CCC2)cc1C(=O)NC(C)c1cccc(-c2nccs2)c1. The van der Waals surface area contributed by atoms with Crippen molar-refractivity contribution in [1.82, 2.24) is 10.3 Å². The monoisotopic (exact) mass is 449 g/mol. The lowest BCUT2D eigenvalue weighted by molar-refractivity contribution is -0.122. The molecule has 1 aromatic heterocycles. The summed E-state index contributed by atoms with van der Waals surface area (Å²) in [4.78, 5) is 29.9. The van der Waals surface area contributed by atoms with Crippen molar-refractivity contribution in [1.29, 1.82) is 0 Å². The molecular weight excluding hydrogens is 422 g/mol. The van der Waals surface area contributed by atoms with Crippen LogP contribution in [0.3, 0.4) is 0 Å². The van der Waals surface area contributed by atoms with Gasteiger partial charge in [0.05, 0.1) is 18.2 Å². The zero-order valence-electron chi connectivity index (χ0n) is 18.3. The Morgan fingerprint density at radius 3 is 2.75 bits per heavy atom. The second kappa shape index (κ2) is 9.96. The Kier molecular flexibility index (Phi) is 6.85. The molecule has 1 fully saturated rings. The molecule has 1 atom stereocenters. The van der Waals surface area contributed by atoms with Gasteiger partial charge in [-0.3, -0.25) is 9.59 Å². The molecule has 1 unspecified atom stereocenters. The van der Waals surface area contributed by atoms with Gasteiger partial charge in [-0.1, -0.05) is 24.6 Å². The van der Waals surface area contributed by atoms with E-state index in [4.69, 9.17) is 4.74 Å². The standard InChI is InChI=1S/C25H27N3O3S/c1-3-31-22-11-10-20(28-23(29)17-6-4-7-17)15-21(22)24(30)27-16(2)18-8-5-9-19(14-18)25-26-12-13-32-25/h5,8-17H,3-4,6-7H2,1-2H3,(H,27,30)(H,28,29). The van der Waals surface area contributed by atoms with Crippen molar-refractivity contribution < 1.29 is 14.3 Å². The van der Waals surface area contributed by atoms with Crippen LogP contribution in [0.1, 0.15) is 55.1 Å². The van der Waals surface area contributed by atoms with Gasteiger partial charge in [0.15, 0.2) is 0 Å². The van der Waals surface area contributed by atoms with Crippen LogP contribution in [-0.2, 0) is 4.79 Å². The second-order valence-corrected chi connectivity index (χ2v) is 8.81. The molecule has 0 aliphatic heterocycles. The van der Waals surface area contributed by atoms with E-state index in [2.05, 4.69) is 15.6 Å². The van der Waals surface area contributed by atoms with E-state index in [1.807, 2.05) is 43.5 Å². The highest BCUT2D eigenvalue weighted by Gasteiger charge is 2.25. The summed E-state index contributed by atoms with van der Waals surface area (Å²) in [7, 11) is 0. The molecule has 1 saturated carbocycles. The third kappa shape index (κ3) is 4.99. The van der Waals surface area contributed by atoms with E-state index in [0.717, 1.165) is 35.4 Å². The van der Waals surface area contributed by atoms with Gasteiger partial charge in [0.1, 0.15) is 10.8 Å². The lowest BCUT2D eigenvalue weighted by Gasteiger charge is -2.24. The summed E-state index contributed by atoms with van der Waals surface area (Å²) in [5.41, 5.74) is 3.02.